The van der Waals surface area contributed by atoms with E-state index in [1.807, 2.05) is 6.07 Å². The van der Waals surface area contributed by atoms with Gasteiger partial charge in [0.2, 0.25) is 0 Å². The minimum atomic E-state index is 0.664. The van der Waals surface area contributed by atoms with Gasteiger partial charge >= 0.3 is 0 Å². The maximum Gasteiger partial charge on any atom is 0.123 e. The summed E-state index contributed by atoms with van der Waals surface area (Å²) < 4.78 is 6.66. The number of piperidine rings is 1. The van der Waals surface area contributed by atoms with Gasteiger partial charge in [0, 0.05) is 35.2 Å². The number of nitrogens with zero attached hydrogens (tertiary/aromatic N) is 1. The van der Waals surface area contributed by atoms with Crippen molar-refractivity contribution in [3.63, 3.8) is 0 Å². The van der Waals surface area contributed by atoms with Crippen molar-refractivity contribution < 1.29 is 4.74 Å². The monoisotopic (exact) mass is 352 g/mol. The first-order chi connectivity index (χ1) is 10.3. The van der Waals surface area contributed by atoms with Crippen molar-refractivity contribution in [2.24, 2.45) is 0 Å². The lowest BCUT2D eigenvalue weighted by molar-refractivity contribution is 0.206. The minimum absolute atomic E-state index is 0.664. The number of nitrogens with one attached hydrogen (secondary N) is 1. The van der Waals surface area contributed by atoms with Crippen LogP contribution in [0.4, 0.5) is 0 Å². The molecule has 1 N–H and O–H groups in total. The van der Waals surface area contributed by atoms with Crippen LogP contribution in [0.3, 0.4) is 0 Å². The molecule has 0 bridgehead atoms. The first-order valence-electron chi connectivity index (χ1n) is 8.06. The van der Waals surface area contributed by atoms with Crippen molar-refractivity contribution in [3.8, 4) is 5.75 Å². The van der Waals surface area contributed by atoms with Crippen molar-refractivity contribution in [2.75, 3.05) is 20.2 Å². The first-order valence-corrected chi connectivity index (χ1v) is 8.85. The zero-order valence-electron chi connectivity index (χ0n) is 12.8. The van der Waals surface area contributed by atoms with Gasteiger partial charge in [-0.25, -0.2) is 0 Å². The van der Waals surface area contributed by atoms with Crippen LogP contribution in [0.15, 0.2) is 22.7 Å². The molecular formula is C17H25BrN2O. The molecule has 2 fully saturated rings. The van der Waals surface area contributed by atoms with E-state index in [0.29, 0.717) is 6.04 Å². The SMILES string of the molecule is COc1ccc(Br)cc1CN(CC1CCCCN1)C1CC1. The molecule has 1 heterocycles. The summed E-state index contributed by atoms with van der Waals surface area (Å²) >= 11 is 3.58. The Balaban J connectivity index is 1.68. The highest BCUT2D eigenvalue weighted by molar-refractivity contribution is 9.10. The molecule has 3 nitrogen and oxygen atoms in total. The Morgan fingerprint density at radius 2 is 2.14 bits per heavy atom. The number of hydrogen-bond acceptors (Lipinski definition) is 3. The fourth-order valence-corrected chi connectivity index (χ4v) is 3.64. The van der Waals surface area contributed by atoms with E-state index in [9.17, 15) is 0 Å². The van der Waals surface area contributed by atoms with Crippen molar-refractivity contribution >= 4 is 15.9 Å². The van der Waals surface area contributed by atoms with E-state index in [-0.39, 0.29) is 0 Å². The van der Waals surface area contributed by atoms with Crippen LogP contribution in [0.5, 0.6) is 5.75 Å². The van der Waals surface area contributed by atoms with Crippen LogP contribution in [-0.4, -0.2) is 37.2 Å². The van der Waals surface area contributed by atoms with Crippen LogP contribution in [-0.2, 0) is 6.54 Å². The van der Waals surface area contributed by atoms with E-state index in [1.165, 1.54) is 50.8 Å². The van der Waals surface area contributed by atoms with Gasteiger partial charge in [-0.15, -0.1) is 0 Å². The molecule has 1 aliphatic carbocycles. The molecule has 0 amide bonds. The van der Waals surface area contributed by atoms with Crippen LogP contribution in [0, 0.1) is 0 Å². The number of hydrogen-bond donors (Lipinski definition) is 1. The fourth-order valence-electron chi connectivity index (χ4n) is 3.23. The number of methoxy groups -OCH3 is 1. The Labute approximate surface area is 136 Å². The van der Waals surface area contributed by atoms with E-state index in [4.69, 9.17) is 4.74 Å². The predicted octanol–water partition coefficient (Wildman–Crippen LogP) is 3.56. The summed E-state index contributed by atoms with van der Waals surface area (Å²) in [6.07, 6.45) is 6.72. The third-order valence-corrected chi connectivity index (χ3v) is 5.04. The van der Waals surface area contributed by atoms with Crippen LogP contribution in [0.2, 0.25) is 0 Å². The molecule has 0 spiro atoms. The summed E-state index contributed by atoms with van der Waals surface area (Å²) in [6.45, 7) is 3.34. The largest absolute Gasteiger partial charge is 0.496 e. The van der Waals surface area contributed by atoms with Crippen molar-refractivity contribution in [1.82, 2.24) is 10.2 Å². The van der Waals surface area contributed by atoms with Crippen molar-refractivity contribution in [3.05, 3.63) is 28.2 Å². The average molecular weight is 353 g/mol. The van der Waals surface area contributed by atoms with E-state index < -0.39 is 0 Å². The average Bonchev–Trinajstić information content (AvgIpc) is 3.33. The minimum Gasteiger partial charge on any atom is -0.496 e. The predicted molar refractivity (Wildman–Crippen MR) is 89.8 cm³/mol. The Morgan fingerprint density at radius 1 is 1.29 bits per heavy atom. The summed E-state index contributed by atoms with van der Waals surface area (Å²) in [6, 6.07) is 7.74. The molecule has 21 heavy (non-hydrogen) atoms. The quantitative estimate of drug-likeness (QED) is 0.846. The van der Waals surface area contributed by atoms with E-state index in [0.717, 1.165) is 22.8 Å². The molecule has 1 unspecified atom stereocenters. The lowest BCUT2D eigenvalue weighted by Crippen LogP contribution is -2.44. The van der Waals surface area contributed by atoms with Crippen molar-refractivity contribution in [2.45, 2.75) is 50.7 Å². The standard InChI is InChI=1S/C17H25BrN2O/c1-21-17-8-5-14(18)10-13(17)11-20(16-6-7-16)12-15-4-2-3-9-19-15/h5,8,10,15-16,19H,2-4,6-7,9,11-12H2,1H3. The van der Waals surface area contributed by atoms with Gasteiger partial charge in [-0.3, -0.25) is 4.90 Å². The summed E-state index contributed by atoms with van der Waals surface area (Å²) in [5, 5.41) is 3.68. The number of ether oxygens (including phenoxy) is 1. The molecule has 4 heteroatoms. The normalized spacial score (nSPS) is 22.5. The lowest BCUT2D eigenvalue weighted by Gasteiger charge is -2.31. The maximum absolute atomic E-state index is 5.53. The summed E-state index contributed by atoms with van der Waals surface area (Å²) in [5.41, 5.74) is 1.29. The summed E-state index contributed by atoms with van der Waals surface area (Å²) in [5.74, 6) is 1.00. The number of halogens is 1. The summed E-state index contributed by atoms with van der Waals surface area (Å²) in [4.78, 5) is 2.65. The van der Waals surface area contributed by atoms with E-state index >= 15 is 0 Å². The van der Waals surface area contributed by atoms with Crippen molar-refractivity contribution in [1.29, 1.82) is 0 Å². The molecule has 1 saturated heterocycles. The van der Waals surface area contributed by atoms with Crippen LogP contribution >= 0.6 is 15.9 Å². The lowest BCUT2D eigenvalue weighted by atomic mass is 10.0. The Kier molecular flexibility index (Phi) is 5.19. The molecule has 0 radical (unpaired) electrons. The highest BCUT2D eigenvalue weighted by Gasteiger charge is 2.31. The molecule has 1 aliphatic heterocycles. The molecule has 116 valence electrons. The number of benzene rings is 1. The Hall–Kier alpha value is -0.580. The van der Waals surface area contributed by atoms with Gasteiger partial charge in [-0.2, -0.15) is 0 Å². The molecule has 2 aliphatic rings. The smallest absolute Gasteiger partial charge is 0.123 e. The van der Waals surface area contributed by atoms with Crippen LogP contribution < -0.4 is 10.1 Å². The second kappa shape index (κ2) is 7.12. The Morgan fingerprint density at radius 3 is 2.81 bits per heavy atom. The third-order valence-electron chi connectivity index (χ3n) is 4.55. The Bertz CT molecular complexity index is 470. The van der Waals surface area contributed by atoms with Gasteiger partial charge in [-0.05, 0) is 50.4 Å². The molecule has 1 aromatic rings. The van der Waals surface area contributed by atoms with Gasteiger partial charge in [0.15, 0.2) is 0 Å². The third kappa shape index (κ3) is 4.21. The first kappa shape index (κ1) is 15.3. The number of rotatable bonds is 6. The second-order valence-electron chi connectivity index (χ2n) is 6.26. The van der Waals surface area contributed by atoms with Gasteiger partial charge in [-0.1, -0.05) is 22.4 Å². The zero-order valence-corrected chi connectivity index (χ0v) is 14.4. The second-order valence-corrected chi connectivity index (χ2v) is 7.18. The van der Waals surface area contributed by atoms with E-state index in [2.05, 4.69) is 38.3 Å². The molecule has 0 aromatic heterocycles. The molecule has 1 aromatic carbocycles. The fraction of sp³-hybridized carbons (Fsp3) is 0.647. The highest BCUT2D eigenvalue weighted by Crippen LogP contribution is 2.32. The van der Waals surface area contributed by atoms with Gasteiger partial charge in [0.25, 0.3) is 0 Å². The van der Waals surface area contributed by atoms with E-state index in [1.54, 1.807) is 7.11 Å². The van der Waals surface area contributed by atoms with Gasteiger partial charge in [0.05, 0.1) is 7.11 Å². The maximum atomic E-state index is 5.53. The zero-order chi connectivity index (χ0) is 14.7. The topological polar surface area (TPSA) is 24.5 Å². The molecule has 1 atom stereocenters. The van der Waals surface area contributed by atoms with Gasteiger partial charge < -0.3 is 10.1 Å². The molecular weight excluding hydrogens is 328 g/mol. The summed E-state index contributed by atoms with van der Waals surface area (Å²) in [7, 11) is 1.76. The van der Waals surface area contributed by atoms with Crippen LogP contribution in [0.1, 0.15) is 37.7 Å². The molecule has 1 saturated carbocycles. The van der Waals surface area contributed by atoms with Gasteiger partial charge in [0.1, 0.15) is 5.75 Å². The highest BCUT2D eigenvalue weighted by atomic mass is 79.9. The van der Waals surface area contributed by atoms with Crippen LogP contribution in [0.25, 0.3) is 0 Å². The molecule has 3 rings (SSSR count).